The number of benzene rings is 2. The molecule has 5 heteroatoms. The molecular weight excluding hydrogens is 292 g/mol. The molecule has 0 heterocycles. The lowest BCUT2D eigenvalue weighted by Gasteiger charge is -2.07. The second kappa shape index (κ2) is 8.58. The number of hydrogen-bond donors (Lipinski definition) is 2. The summed E-state index contributed by atoms with van der Waals surface area (Å²) in [5.74, 6) is 0.174. The molecule has 2 N–H and O–H groups in total. The summed E-state index contributed by atoms with van der Waals surface area (Å²) in [6.45, 7) is 0.806. The van der Waals surface area contributed by atoms with Gasteiger partial charge in [-0.1, -0.05) is 42.5 Å². The van der Waals surface area contributed by atoms with Gasteiger partial charge in [0.05, 0.1) is 7.11 Å². The minimum atomic E-state index is -0.300. The number of carbonyl (C=O) groups is 2. The van der Waals surface area contributed by atoms with E-state index >= 15 is 0 Å². The van der Waals surface area contributed by atoms with E-state index in [2.05, 4.69) is 10.6 Å². The van der Waals surface area contributed by atoms with E-state index in [0.29, 0.717) is 13.1 Å². The maximum Gasteiger partial charge on any atom is 0.229 e. The highest BCUT2D eigenvalue weighted by Crippen LogP contribution is 2.10. The van der Waals surface area contributed by atoms with E-state index in [0.717, 1.165) is 16.9 Å². The molecule has 0 bridgehead atoms. The van der Waals surface area contributed by atoms with Crippen LogP contribution >= 0.6 is 0 Å². The summed E-state index contributed by atoms with van der Waals surface area (Å²) in [4.78, 5) is 23.5. The van der Waals surface area contributed by atoms with E-state index in [1.165, 1.54) is 0 Å². The van der Waals surface area contributed by atoms with Gasteiger partial charge in [-0.3, -0.25) is 9.59 Å². The molecule has 0 saturated carbocycles. The van der Waals surface area contributed by atoms with Crippen molar-refractivity contribution in [2.24, 2.45) is 0 Å². The Labute approximate surface area is 135 Å². The first kappa shape index (κ1) is 16.5. The molecule has 0 aliphatic rings. The van der Waals surface area contributed by atoms with Crippen LogP contribution in [-0.2, 0) is 22.7 Å². The summed E-state index contributed by atoms with van der Waals surface area (Å²) in [6, 6.07) is 17.0. The van der Waals surface area contributed by atoms with E-state index in [9.17, 15) is 9.59 Å². The number of rotatable bonds is 7. The molecule has 2 aromatic rings. The van der Waals surface area contributed by atoms with Crippen LogP contribution in [0.15, 0.2) is 54.6 Å². The van der Waals surface area contributed by atoms with Crippen molar-refractivity contribution in [2.45, 2.75) is 19.5 Å². The van der Waals surface area contributed by atoms with Gasteiger partial charge in [0.25, 0.3) is 0 Å². The Bertz CT molecular complexity index is 639. The monoisotopic (exact) mass is 312 g/mol. The van der Waals surface area contributed by atoms with Gasteiger partial charge in [-0.2, -0.15) is 0 Å². The predicted octanol–water partition coefficient (Wildman–Crippen LogP) is 2.02. The van der Waals surface area contributed by atoms with Crippen LogP contribution in [0.4, 0.5) is 0 Å². The maximum atomic E-state index is 11.8. The summed E-state index contributed by atoms with van der Waals surface area (Å²) in [5.41, 5.74) is 1.95. The highest BCUT2D eigenvalue weighted by molar-refractivity contribution is 5.96. The van der Waals surface area contributed by atoms with Crippen LogP contribution in [0.2, 0.25) is 0 Å². The molecule has 2 amide bonds. The molecule has 0 fully saturated rings. The van der Waals surface area contributed by atoms with Gasteiger partial charge in [0.15, 0.2) is 0 Å². The largest absolute Gasteiger partial charge is 0.497 e. The first-order valence-electron chi connectivity index (χ1n) is 7.37. The van der Waals surface area contributed by atoms with Gasteiger partial charge in [0, 0.05) is 13.1 Å². The smallest absolute Gasteiger partial charge is 0.229 e. The van der Waals surface area contributed by atoms with E-state index in [-0.39, 0.29) is 18.2 Å². The number of amides is 2. The van der Waals surface area contributed by atoms with Gasteiger partial charge in [-0.25, -0.2) is 0 Å². The molecule has 120 valence electrons. The summed E-state index contributed by atoms with van der Waals surface area (Å²) in [6.07, 6.45) is -0.178. The summed E-state index contributed by atoms with van der Waals surface area (Å²) in [5, 5.41) is 5.45. The van der Waals surface area contributed by atoms with Crippen molar-refractivity contribution in [3.63, 3.8) is 0 Å². The zero-order valence-corrected chi connectivity index (χ0v) is 13.0. The third-order valence-electron chi connectivity index (χ3n) is 3.30. The quantitative estimate of drug-likeness (QED) is 0.769. The maximum absolute atomic E-state index is 11.8. The first-order chi connectivity index (χ1) is 11.2. The third-order valence-corrected chi connectivity index (χ3v) is 3.30. The highest BCUT2D eigenvalue weighted by Gasteiger charge is 2.08. The van der Waals surface area contributed by atoms with Gasteiger partial charge < -0.3 is 15.4 Å². The molecule has 0 aliphatic carbocycles. The average Bonchev–Trinajstić information content (AvgIpc) is 2.59. The molecule has 2 aromatic carbocycles. The zero-order valence-electron chi connectivity index (χ0n) is 13.0. The van der Waals surface area contributed by atoms with Crippen molar-refractivity contribution in [1.82, 2.24) is 10.6 Å². The number of hydrogen-bond acceptors (Lipinski definition) is 3. The molecule has 0 saturated heterocycles. The SMILES string of the molecule is COc1ccc(CNC(=O)CC(=O)NCc2ccccc2)cc1. The standard InChI is InChI=1S/C18H20N2O3/c1-23-16-9-7-15(8-10-16)13-20-18(22)11-17(21)19-12-14-5-3-2-4-6-14/h2-10H,11-13H2,1H3,(H,19,21)(H,20,22). The second-order valence-corrected chi connectivity index (χ2v) is 5.06. The Morgan fingerprint density at radius 1 is 0.826 bits per heavy atom. The molecule has 0 unspecified atom stereocenters. The van der Waals surface area contributed by atoms with Crippen LogP contribution in [0.1, 0.15) is 17.5 Å². The zero-order chi connectivity index (χ0) is 16.5. The minimum Gasteiger partial charge on any atom is -0.497 e. The van der Waals surface area contributed by atoms with Crippen molar-refractivity contribution in [3.8, 4) is 5.75 Å². The van der Waals surface area contributed by atoms with Gasteiger partial charge in [-0.15, -0.1) is 0 Å². The van der Waals surface area contributed by atoms with Crippen molar-refractivity contribution in [3.05, 3.63) is 65.7 Å². The van der Waals surface area contributed by atoms with Crippen LogP contribution in [-0.4, -0.2) is 18.9 Å². The fourth-order valence-corrected chi connectivity index (χ4v) is 2.01. The van der Waals surface area contributed by atoms with E-state index in [4.69, 9.17) is 4.74 Å². The van der Waals surface area contributed by atoms with E-state index < -0.39 is 0 Å². The molecule has 0 aliphatic heterocycles. The van der Waals surface area contributed by atoms with E-state index in [1.54, 1.807) is 7.11 Å². The van der Waals surface area contributed by atoms with Crippen molar-refractivity contribution in [2.75, 3.05) is 7.11 Å². The molecule has 0 spiro atoms. The van der Waals surface area contributed by atoms with Gasteiger partial charge >= 0.3 is 0 Å². The lowest BCUT2D eigenvalue weighted by Crippen LogP contribution is -2.31. The van der Waals surface area contributed by atoms with Crippen molar-refractivity contribution in [1.29, 1.82) is 0 Å². The number of carbonyl (C=O) groups excluding carboxylic acids is 2. The predicted molar refractivity (Wildman–Crippen MR) is 87.7 cm³/mol. The average molecular weight is 312 g/mol. The first-order valence-corrected chi connectivity index (χ1v) is 7.37. The second-order valence-electron chi connectivity index (χ2n) is 5.06. The Hall–Kier alpha value is -2.82. The minimum absolute atomic E-state index is 0.178. The fraction of sp³-hybridized carbons (Fsp3) is 0.222. The van der Waals surface area contributed by atoms with Gasteiger partial charge in [0.1, 0.15) is 12.2 Å². The molecule has 0 aromatic heterocycles. The highest BCUT2D eigenvalue weighted by atomic mass is 16.5. The molecule has 0 atom stereocenters. The Balaban J connectivity index is 1.70. The summed E-state index contributed by atoms with van der Waals surface area (Å²) in [7, 11) is 1.60. The lowest BCUT2D eigenvalue weighted by molar-refractivity contribution is -0.129. The lowest BCUT2D eigenvalue weighted by atomic mass is 10.2. The van der Waals surface area contributed by atoms with Crippen molar-refractivity contribution >= 4 is 11.8 Å². The molecule has 23 heavy (non-hydrogen) atoms. The van der Waals surface area contributed by atoms with Crippen LogP contribution in [0.25, 0.3) is 0 Å². The Morgan fingerprint density at radius 3 is 1.87 bits per heavy atom. The van der Waals surface area contributed by atoms with Gasteiger partial charge in [-0.05, 0) is 23.3 Å². The molecular formula is C18H20N2O3. The Kier molecular flexibility index (Phi) is 6.17. The summed E-state index contributed by atoms with van der Waals surface area (Å²) < 4.78 is 5.07. The van der Waals surface area contributed by atoms with Crippen molar-refractivity contribution < 1.29 is 14.3 Å². The van der Waals surface area contributed by atoms with Crippen LogP contribution < -0.4 is 15.4 Å². The van der Waals surface area contributed by atoms with Crippen LogP contribution in [0.5, 0.6) is 5.75 Å². The Morgan fingerprint density at radius 2 is 1.35 bits per heavy atom. The molecule has 5 nitrogen and oxygen atoms in total. The fourth-order valence-electron chi connectivity index (χ4n) is 2.01. The third kappa shape index (κ3) is 5.82. The molecule has 0 radical (unpaired) electrons. The number of ether oxygens (including phenoxy) is 1. The van der Waals surface area contributed by atoms with Crippen LogP contribution in [0, 0.1) is 0 Å². The van der Waals surface area contributed by atoms with E-state index in [1.807, 2.05) is 54.6 Å². The topological polar surface area (TPSA) is 67.4 Å². The normalized spacial score (nSPS) is 9.96. The number of nitrogens with one attached hydrogen (secondary N) is 2. The molecule has 2 rings (SSSR count). The number of methoxy groups -OCH3 is 1. The van der Waals surface area contributed by atoms with Gasteiger partial charge in [0.2, 0.25) is 11.8 Å². The van der Waals surface area contributed by atoms with Crippen LogP contribution in [0.3, 0.4) is 0 Å². The summed E-state index contributed by atoms with van der Waals surface area (Å²) >= 11 is 0.